The summed E-state index contributed by atoms with van der Waals surface area (Å²) in [4.78, 5) is 7.34. The van der Waals surface area contributed by atoms with E-state index in [2.05, 4.69) is 33.5 Å². The number of benzene rings is 1. The quantitative estimate of drug-likeness (QED) is 0.716. The van der Waals surface area contributed by atoms with Crippen molar-refractivity contribution in [3.8, 4) is 0 Å². The lowest BCUT2D eigenvalue weighted by Gasteiger charge is -2.02. The van der Waals surface area contributed by atoms with E-state index >= 15 is 0 Å². The molecule has 0 amide bonds. The van der Waals surface area contributed by atoms with Crippen molar-refractivity contribution in [1.29, 1.82) is 0 Å². The van der Waals surface area contributed by atoms with Crippen LogP contribution in [0, 0.1) is 0 Å². The summed E-state index contributed by atoms with van der Waals surface area (Å²) in [6.45, 7) is 0.801. The number of hydrogen-bond acceptors (Lipinski definition) is 2. The smallest absolute Gasteiger partial charge is 0.104 e. The van der Waals surface area contributed by atoms with Gasteiger partial charge in [0.05, 0.1) is 0 Å². The lowest BCUT2D eigenvalue weighted by atomic mass is 10.2. The van der Waals surface area contributed by atoms with E-state index in [4.69, 9.17) is 0 Å². The Morgan fingerprint density at radius 2 is 1.88 bits per heavy atom. The molecule has 2 N–H and O–H groups in total. The molecule has 0 spiro atoms. The van der Waals surface area contributed by atoms with E-state index in [0.29, 0.717) is 0 Å². The maximum Gasteiger partial charge on any atom is 0.104 e. The molecule has 17 heavy (non-hydrogen) atoms. The molecule has 0 unspecified atom stereocenters. The molecule has 0 radical (unpaired) electrons. The minimum Gasteiger partial charge on any atom is -0.368 e. The monoisotopic (exact) mass is 223 g/mol. The van der Waals surface area contributed by atoms with Gasteiger partial charge in [-0.1, -0.05) is 18.2 Å². The van der Waals surface area contributed by atoms with Crippen LogP contribution >= 0.6 is 0 Å². The highest BCUT2D eigenvalue weighted by Crippen LogP contribution is 2.18. The lowest BCUT2D eigenvalue weighted by Crippen LogP contribution is -1.99. The molecular formula is C14H13N3. The van der Waals surface area contributed by atoms with Crippen LogP contribution in [0.3, 0.4) is 0 Å². The normalized spacial score (nSPS) is 10.6. The first-order valence-electron chi connectivity index (χ1n) is 5.62. The van der Waals surface area contributed by atoms with Crippen molar-refractivity contribution >= 4 is 16.7 Å². The Bertz CT molecular complexity index is 580. The molecule has 0 atom stereocenters. The number of aromatic amines is 1. The predicted molar refractivity (Wildman–Crippen MR) is 69.9 cm³/mol. The summed E-state index contributed by atoms with van der Waals surface area (Å²) in [7, 11) is 0. The Morgan fingerprint density at radius 1 is 1.06 bits per heavy atom. The molecule has 0 aliphatic rings. The molecule has 0 aliphatic carbocycles. The number of H-pyrrole nitrogens is 1. The summed E-state index contributed by atoms with van der Waals surface area (Å²) in [6.07, 6.45) is 3.62. The average Bonchev–Trinajstić information content (AvgIpc) is 2.80. The van der Waals surface area contributed by atoms with Crippen LogP contribution in [0.15, 0.2) is 54.9 Å². The van der Waals surface area contributed by atoms with Gasteiger partial charge in [0.15, 0.2) is 0 Å². The summed E-state index contributed by atoms with van der Waals surface area (Å²) < 4.78 is 0. The molecular weight excluding hydrogens is 210 g/mol. The van der Waals surface area contributed by atoms with Crippen LogP contribution in [0.5, 0.6) is 0 Å². The van der Waals surface area contributed by atoms with E-state index < -0.39 is 0 Å². The van der Waals surface area contributed by atoms with Crippen molar-refractivity contribution in [1.82, 2.24) is 9.97 Å². The van der Waals surface area contributed by atoms with Gasteiger partial charge in [0.25, 0.3) is 0 Å². The fourth-order valence-corrected chi connectivity index (χ4v) is 1.87. The summed E-state index contributed by atoms with van der Waals surface area (Å²) in [6, 6.07) is 14.4. The number of pyridine rings is 1. The molecule has 84 valence electrons. The third-order valence-electron chi connectivity index (χ3n) is 2.76. The topological polar surface area (TPSA) is 40.7 Å². The summed E-state index contributed by atoms with van der Waals surface area (Å²) >= 11 is 0. The van der Waals surface area contributed by atoms with Gasteiger partial charge in [-0.05, 0) is 29.8 Å². The zero-order valence-corrected chi connectivity index (χ0v) is 9.35. The summed E-state index contributed by atoms with van der Waals surface area (Å²) in [5.41, 5.74) is 2.38. The first-order valence-corrected chi connectivity index (χ1v) is 5.62. The molecule has 0 saturated carbocycles. The van der Waals surface area contributed by atoms with Gasteiger partial charge < -0.3 is 10.3 Å². The first kappa shape index (κ1) is 9.90. The van der Waals surface area contributed by atoms with Gasteiger partial charge in [-0.3, -0.25) is 4.98 Å². The Hall–Kier alpha value is -2.29. The molecule has 1 aromatic carbocycles. The van der Waals surface area contributed by atoms with Crippen molar-refractivity contribution in [2.24, 2.45) is 0 Å². The number of fused-ring (bicyclic) bond motifs is 1. The van der Waals surface area contributed by atoms with E-state index in [1.807, 2.05) is 36.7 Å². The second kappa shape index (κ2) is 4.29. The number of anilines is 1. The highest BCUT2D eigenvalue weighted by atomic mass is 15.0. The van der Waals surface area contributed by atoms with Crippen LogP contribution in [-0.4, -0.2) is 9.97 Å². The lowest BCUT2D eigenvalue weighted by molar-refractivity contribution is 1.11. The maximum atomic E-state index is 4.00. The molecule has 3 aromatic rings. The first-order chi connectivity index (χ1) is 8.42. The Balaban J connectivity index is 1.77. The van der Waals surface area contributed by atoms with Crippen molar-refractivity contribution in [2.75, 3.05) is 5.32 Å². The third-order valence-corrected chi connectivity index (χ3v) is 2.76. The molecule has 0 bridgehead atoms. The van der Waals surface area contributed by atoms with E-state index in [9.17, 15) is 0 Å². The van der Waals surface area contributed by atoms with Crippen LogP contribution in [0.2, 0.25) is 0 Å². The van der Waals surface area contributed by atoms with Gasteiger partial charge in [-0.15, -0.1) is 0 Å². The van der Waals surface area contributed by atoms with E-state index in [1.165, 1.54) is 10.9 Å². The second-order valence-electron chi connectivity index (χ2n) is 3.98. The molecule has 3 heteroatoms. The van der Waals surface area contributed by atoms with E-state index in [0.717, 1.165) is 17.9 Å². The Morgan fingerprint density at radius 3 is 2.71 bits per heavy atom. The number of nitrogens with zero attached hydrogens (tertiary/aromatic N) is 1. The summed E-state index contributed by atoms with van der Waals surface area (Å²) in [5, 5.41) is 4.59. The number of para-hydroxylation sites is 1. The summed E-state index contributed by atoms with van der Waals surface area (Å²) in [5.74, 6) is 1.04. The fraction of sp³-hybridized carbons (Fsp3) is 0.0714. The van der Waals surface area contributed by atoms with Crippen molar-refractivity contribution < 1.29 is 0 Å². The van der Waals surface area contributed by atoms with Gasteiger partial charge in [-0.25, -0.2) is 0 Å². The van der Waals surface area contributed by atoms with Crippen molar-refractivity contribution in [3.63, 3.8) is 0 Å². The van der Waals surface area contributed by atoms with Gasteiger partial charge in [-0.2, -0.15) is 0 Å². The number of nitrogens with one attached hydrogen (secondary N) is 2. The van der Waals surface area contributed by atoms with Crippen molar-refractivity contribution in [3.05, 3.63) is 60.4 Å². The molecule has 3 nitrogen and oxygen atoms in total. The minimum absolute atomic E-state index is 0.801. The van der Waals surface area contributed by atoms with Crippen LogP contribution in [0.25, 0.3) is 10.9 Å². The molecule has 0 aliphatic heterocycles. The standard InChI is InChI=1S/C14H13N3/c1-2-4-13-12(3-1)9-14(17-13)16-10-11-5-7-15-8-6-11/h1-9,16-17H,10H2. The predicted octanol–water partition coefficient (Wildman–Crippen LogP) is 3.18. The fourth-order valence-electron chi connectivity index (χ4n) is 1.87. The number of aromatic nitrogens is 2. The van der Waals surface area contributed by atoms with Gasteiger partial charge in [0, 0.05) is 29.8 Å². The highest BCUT2D eigenvalue weighted by molar-refractivity contribution is 5.83. The SMILES string of the molecule is c1ccc2[nH]c(NCc3ccncc3)cc2c1. The van der Waals surface area contributed by atoms with E-state index in [1.54, 1.807) is 0 Å². The Kier molecular flexibility index (Phi) is 2.50. The zero-order valence-electron chi connectivity index (χ0n) is 9.35. The van der Waals surface area contributed by atoms with Crippen LogP contribution in [0.1, 0.15) is 5.56 Å². The molecule has 3 rings (SSSR count). The number of hydrogen-bond donors (Lipinski definition) is 2. The molecule has 2 heterocycles. The molecule has 2 aromatic heterocycles. The minimum atomic E-state index is 0.801. The Labute approximate surface area is 99.5 Å². The molecule has 0 saturated heterocycles. The average molecular weight is 223 g/mol. The van der Waals surface area contributed by atoms with Crippen LogP contribution < -0.4 is 5.32 Å². The van der Waals surface area contributed by atoms with Crippen LogP contribution in [-0.2, 0) is 6.54 Å². The molecule has 0 fully saturated rings. The third kappa shape index (κ3) is 2.13. The largest absolute Gasteiger partial charge is 0.368 e. The highest BCUT2D eigenvalue weighted by Gasteiger charge is 1.99. The zero-order chi connectivity index (χ0) is 11.5. The van der Waals surface area contributed by atoms with Gasteiger partial charge >= 0.3 is 0 Å². The second-order valence-corrected chi connectivity index (χ2v) is 3.98. The van der Waals surface area contributed by atoms with Gasteiger partial charge in [0.2, 0.25) is 0 Å². The number of rotatable bonds is 3. The maximum absolute atomic E-state index is 4.00. The van der Waals surface area contributed by atoms with E-state index in [-0.39, 0.29) is 0 Å². The van der Waals surface area contributed by atoms with Crippen molar-refractivity contribution in [2.45, 2.75) is 6.54 Å². The van der Waals surface area contributed by atoms with Gasteiger partial charge in [0.1, 0.15) is 5.82 Å². The van der Waals surface area contributed by atoms with Crippen LogP contribution in [0.4, 0.5) is 5.82 Å².